The molecule has 0 aliphatic rings. The number of pyridine rings is 1. The topological polar surface area (TPSA) is 88.1 Å². The van der Waals surface area contributed by atoms with E-state index < -0.39 is 0 Å². The zero-order valence-electron chi connectivity index (χ0n) is 12.9. The van der Waals surface area contributed by atoms with Gasteiger partial charge in [0.2, 0.25) is 0 Å². The first-order valence-corrected chi connectivity index (χ1v) is 8.87. The standard InChI is InChI=1S/C16H12N4O2S2/c1-9-13(10(2)21)5-11(7-17)15(18-9)24-8-12-6-14(22)20-3-4-23-16(20)19-12/h3-6H,8H2,1-2H3. The number of hydrogen-bond acceptors (Lipinski definition) is 7. The first-order chi connectivity index (χ1) is 11.5. The van der Waals surface area contributed by atoms with E-state index >= 15 is 0 Å². The second-order valence-corrected chi connectivity index (χ2v) is 6.91. The van der Waals surface area contributed by atoms with Gasteiger partial charge in [0.1, 0.15) is 11.1 Å². The fourth-order valence-corrected chi connectivity index (χ4v) is 3.87. The first-order valence-electron chi connectivity index (χ1n) is 7.01. The highest BCUT2D eigenvalue weighted by Crippen LogP contribution is 2.25. The van der Waals surface area contributed by atoms with Crippen molar-refractivity contribution in [2.75, 3.05) is 0 Å². The minimum atomic E-state index is -0.131. The van der Waals surface area contributed by atoms with E-state index in [0.717, 1.165) is 0 Å². The maximum absolute atomic E-state index is 12.0. The molecule has 3 rings (SSSR count). The zero-order chi connectivity index (χ0) is 17.3. The molecule has 120 valence electrons. The van der Waals surface area contributed by atoms with Crippen LogP contribution in [0.25, 0.3) is 4.96 Å². The van der Waals surface area contributed by atoms with Crippen molar-refractivity contribution in [3.8, 4) is 6.07 Å². The molecule has 0 N–H and O–H groups in total. The van der Waals surface area contributed by atoms with Crippen LogP contribution < -0.4 is 5.56 Å². The number of carbonyl (C=O) groups excluding carboxylic acids is 1. The van der Waals surface area contributed by atoms with Gasteiger partial charge >= 0.3 is 0 Å². The summed E-state index contributed by atoms with van der Waals surface area (Å²) in [6, 6.07) is 5.12. The van der Waals surface area contributed by atoms with Gasteiger partial charge in [0, 0.05) is 34.7 Å². The summed E-state index contributed by atoms with van der Waals surface area (Å²) in [4.78, 5) is 33.0. The van der Waals surface area contributed by atoms with Gasteiger partial charge in [-0.25, -0.2) is 9.97 Å². The third-order valence-corrected chi connectivity index (χ3v) is 5.17. The summed E-state index contributed by atoms with van der Waals surface area (Å²) in [7, 11) is 0. The molecule has 3 aromatic rings. The maximum Gasteiger partial charge on any atom is 0.258 e. The van der Waals surface area contributed by atoms with Crippen molar-refractivity contribution < 1.29 is 4.79 Å². The molecule has 0 saturated carbocycles. The SMILES string of the molecule is CC(=O)c1cc(C#N)c(SCc2cc(=O)n3ccsc3n2)nc1C. The first kappa shape index (κ1) is 16.4. The summed E-state index contributed by atoms with van der Waals surface area (Å²) >= 11 is 2.72. The lowest BCUT2D eigenvalue weighted by atomic mass is 10.1. The summed E-state index contributed by atoms with van der Waals surface area (Å²) in [5.74, 6) is 0.301. The molecule has 0 aliphatic heterocycles. The molecule has 0 bridgehead atoms. The summed E-state index contributed by atoms with van der Waals surface area (Å²) in [5.41, 5.74) is 1.89. The molecular formula is C16H12N4O2S2. The summed E-state index contributed by atoms with van der Waals surface area (Å²) in [5, 5.41) is 11.6. The fraction of sp³-hybridized carbons (Fsp3) is 0.188. The Hall–Kier alpha value is -2.50. The predicted molar refractivity (Wildman–Crippen MR) is 92.6 cm³/mol. The van der Waals surface area contributed by atoms with Gasteiger partial charge in [0.25, 0.3) is 5.56 Å². The third-order valence-electron chi connectivity index (χ3n) is 3.39. The predicted octanol–water partition coefficient (Wildman–Crippen LogP) is 2.83. The lowest BCUT2D eigenvalue weighted by Gasteiger charge is -2.07. The van der Waals surface area contributed by atoms with Crippen LogP contribution in [0.15, 0.2) is 33.5 Å². The minimum absolute atomic E-state index is 0.120. The number of thioether (sulfide) groups is 1. The Balaban J connectivity index is 1.90. The smallest absolute Gasteiger partial charge is 0.258 e. The molecule has 0 amide bonds. The van der Waals surface area contributed by atoms with Gasteiger partial charge < -0.3 is 0 Å². The largest absolute Gasteiger partial charge is 0.294 e. The average Bonchev–Trinajstić information content (AvgIpc) is 3.01. The van der Waals surface area contributed by atoms with Crippen LogP contribution in [-0.2, 0) is 5.75 Å². The molecule has 3 aromatic heterocycles. The molecule has 0 aromatic carbocycles. The number of thiazole rings is 1. The highest BCUT2D eigenvalue weighted by molar-refractivity contribution is 7.98. The number of aryl methyl sites for hydroxylation is 1. The number of aromatic nitrogens is 3. The molecule has 0 radical (unpaired) electrons. The number of fused-ring (bicyclic) bond motifs is 1. The Morgan fingerprint density at radius 1 is 1.42 bits per heavy atom. The normalized spacial score (nSPS) is 10.7. The van der Waals surface area contributed by atoms with Crippen LogP contribution in [0.4, 0.5) is 0 Å². The average molecular weight is 356 g/mol. The molecule has 0 aliphatic carbocycles. The molecule has 0 saturated heterocycles. The van der Waals surface area contributed by atoms with E-state index in [1.54, 1.807) is 24.6 Å². The second-order valence-electron chi connectivity index (χ2n) is 5.07. The third kappa shape index (κ3) is 3.09. The fourth-order valence-electron chi connectivity index (χ4n) is 2.23. The highest BCUT2D eigenvalue weighted by Gasteiger charge is 2.13. The monoisotopic (exact) mass is 356 g/mol. The van der Waals surface area contributed by atoms with Crippen LogP contribution >= 0.6 is 23.1 Å². The van der Waals surface area contributed by atoms with E-state index in [0.29, 0.717) is 38.3 Å². The van der Waals surface area contributed by atoms with E-state index in [2.05, 4.69) is 16.0 Å². The van der Waals surface area contributed by atoms with Crippen LogP contribution in [0, 0.1) is 18.3 Å². The Labute approximate surface area is 145 Å². The van der Waals surface area contributed by atoms with Crippen molar-refractivity contribution in [2.24, 2.45) is 0 Å². The van der Waals surface area contributed by atoms with Crippen molar-refractivity contribution in [1.82, 2.24) is 14.4 Å². The summed E-state index contributed by atoms with van der Waals surface area (Å²) in [6.45, 7) is 3.19. The van der Waals surface area contributed by atoms with E-state index in [4.69, 9.17) is 0 Å². The van der Waals surface area contributed by atoms with Crippen LogP contribution in [0.5, 0.6) is 0 Å². The number of carbonyl (C=O) groups is 1. The van der Waals surface area contributed by atoms with E-state index in [1.165, 1.54) is 40.5 Å². The number of Topliss-reactive ketones (excluding diaryl/α,β-unsaturated/α-hetero) is 1. The van der Waals surface area contributed by atoms with Gasteiger partial charge in [-0.1, -0.05) is 11.8 Å². The van der Waals surface area contributed by atoms with Crippen molar-refractivity contribution in [3.63, 3.8) is 0 Å². The van der Waals surface area contributed by atoms with Gasteiger partial charge in [0.15, 0.2) is 10.7 Å². The van der Waals surface area contributed by atoms with Gasteiger partial charge in [0.05, 0.1) is 11.3 Å². The quantitative estimate of drug-likeness (QED) is 0.527. The van der Waals surface area contributed by atoms with Crippen molar-refractivity contribution in [3.05, 3.63) is 56.6 Å². The molecule has 0 fully saturated rings. The number of ketones is 1. The van der Waals surface area contributed by atoms with E-state index in [1.807, 2.05) is 0 Å². The molecular weight excluding hydrogens is 344 g/mol. The number of rotatable bonds is 4. The van der Waals surface area contributed by atoms with Gasteiger partial charge in [-0.2, -0.15) is 5.26 Å². The number of nitrogens with zero attached hydrogens (tertiary/aromatic N) is 4. The molecule has 24 heavy (non-hydrogen) atoms. The van der Waals surface area contributed by atoms with Gasteiger partial charge in [-0.05, 0) is 19.9 Å². The highest BCUT2D eigenvalue weighted by atomic mass is 32.2. The maximum atomic E-state index is 12.0. The van der Waals surface area contributed by atoms with Crippen LogP contribution in [0.2, 0.25) is 0 Å². The Morgan fingerprint density at radius 3 is 2.92 bits per heavy atom. The van der Waals surface area contributed by atoms with E-state index in [-0.39, 0.29) is 11.3 Å². The van der Waals surface area contributed by atoms with E-state index in [9.17, 15) is 14.9 Å². The Kier molecular flexibility index (Phi) is 4.46. The molecule has 0 atom stereocenters. The minimum Gasteiger partial charge on any atom is -0.294 e. The Bertz CT molecular complexity index is 1050. The second kappa shape index (κ2) is 6.55. The summed E-state index contributed by atoms with van der Waals surface area (Å²) < 4.78 is 1.49. The molecule has 8 heteroatoms. The lowest BCUT2D eigenvalue weighted by molar-refractivity contribution is 0.101. The zero-order valence-corrected chi connectivity index (χ0v) is 14.6. The number of nitriles is 1. The van der Waals surface area contributed by atoms with Crippen molar-refractivity contribution in [1.29, 1.82) is 5.26 Å². The van der Waals surface area contributed by atoms with Crippen LogP contribution in [0.1, 0.15) is 34.2 Å². The molecule has 6 nitrogen and oxygen atoms in total. The van der Waals surface area contributed by atoms with Crippen LogP contribution in [-0.4, -0.2) is 20.2 Å². The van der Waals surface area contributed by atoms with Gasteiger partial charge in [-0.3, -0.25) is 14.0 Å². The molecule has 0 unspecified atom stereocenters. The van der Waals surface area contributed by atoms with Gasteiger partial charge in [-0.15, -0.1) is 11.3 Å². The van der Waals surface area contributed by atoms with Crippen molar-refractivity contribution in [2.45, 2.75) is 24.6 Å². The van der Waals surface area contributed by atoms with Crippen molar-refractivity contribution >= 4 is 33.8 Å². The Morgan fingerprint density at radius 2 is 2.21 bits per heavy atom. The lowest BCUT2D eigenvalue weighted by Crippen LogP contribution is -2.12. The van der Waals surface area contributed by atoms with Crippen LogP contribution in [0.3, 0.4) is 0 Å². The summed E-state index contributed by atoms with van der Waals surface area (Å²) in [6.07, 6.45) is 1.69. The molecule has 3 heterocycles. The number of hydrogen-bond donors (Lipinski definition) is 0. The molecule has 0 spiro atoms.